The third-order valence-electron chi connectivity index (χ3n) is 4.26. The molecular formula is C15H23N3O3. The van der Waals surface area contributed by atoms with Gasteiger partial charge >= 0.3 is 5.97 Å². The summed E-state index contributed by atoms with van der Waals surface area (Å²) in [5, 5.41) is 9.15. The first-order valence-electron chi connectivity index (χ1n) is 7.51. The Labute approximate surface area is 124 Å². The lowest BCUT2D eigenvalue weighted by Gasteiger charge is -2.22. The van der Waals surface area contributed by atoms with Gasteiger partial charge in [0.2, 0.25) is 5.91 Å². The highest BCUT2D eigenvalue weighted by Crippen LogP contribution is 2.26. The van der Waals surface area contributed by atoms with Crippen LogP contribution in [0, 0.1) is 11.8 Å². The molecule has 0 aliphatic carbocycles. The molecule has 0 radical (unpaired) electrons. The monoisotopic (exact) mass is 293 g/mol. The number of carboxylic acids is 1. The van der Waals surface area contributed by atoms with Crippen molar-refractivity contribution in [1.82, 2.24) is 14.5 Å². The molecule has 1 fully saturated rings. The van der Waals surface area contributed by atoms with E-state index in [9.17, 15) is 9.59 Å². The van der Waals surface area contributed by atoms with Crippen LogP contribution in [0.1, 0.15) is 39.2 Å². The number of rotatable bonds is 6. The smallest absolute Gasteiger partial charge is 0.308 e. The quantitative estimate of drug-likeness (QED) is 0.867. The van der Waals surface area contributed by atoms with Crippen molar-refractivity contribution in [2.24, 2.45) is 11.8 Å². The maximum atomic E-state index is 12.4. The Morgan fingerprint density at radius 2 is 2.19 bits per heavy atom. The normalized spacial score (nSPS) is 23.2. The number of nitrogens with zero attached hydrogens (tertiary/aromatic N) is 3. The van der Waals surface area contributed by atoms with Crippen molar-refractivity contribution < 1.29 is 14.7 Å². The number of carbonyl (C=O) groups excluding carboxylic acids is 1. The molecule has 1 amide bonds. The molecule has 0 aromatic carbocycles. The summed E-state index contributed by atoms with van der Waals surface area (Å²) in [6, 6.07) is 0.101. The zero-order chi connectivity index (χ0) is 15.4. The summed E-state index contributed by atoms with van der Waals surface area (Å²) in [6.45, 7) is 4.86. The first-order valence-corrected chi connectivity index (χ1v) is 7.51. The van der Waals surface area contributed by atoms with Crippen molar-refractivity contribution in [3.63, 3.8) is 0 Å². The number of likely N-dealkylation sites (tertiary alicyclic amines) is 1. The van der Waals surface area contributed by atoms with Gasteiger partial charge in [-0.05, 0) is 12.3 Å². The minimum Gasteiger partial charge on any atom is -0.481 e. The zero-order valence-corrected chi connectivity index (χ0v) is 12.6. The molecular weight excluding hydrogens is 270 g/mol. The van der Waals surface area contributed by atoms with Gasteiger partial charge in [-0.2, -0.15) is 0 Å². The Balaban J connectivity index is 1.98. The summed E-state index contributed by atoms with van der Waals surface area (Å²) in [7, 11) is 0. The molecule has 0 spiro atoms. The van der Waals surface area contributed by atoms with E-state index in [0.29, 0.717) is 19.5 Å². The number of carbonyl (C=O) groups is 2. The molecule has 0 bridgehead atoms. The summed E-state index contributed by atoms with van der Waals surface area (Å²) in [5.41, 5.74) is 0. The van der Waals surface area contributed by atoms with Crippen molar-refractivity contribution in [1.29, 1.82) is 0 Å². The molecule has 2 rings (SSSR count). The van der Waals surface area contributed by atoms with Crippen LogP contribution in [-0.4, -0.2) is 44.5 Å². The van der Waals surface area contributed by atoms with Gasteiger partial charge in [-0.1, -0.05) is 20.3 Å². The molecule has 1 aromatic heterocycles. The molecule has 6 nitrogen and oxygen atoms in total. The van der Waals surface area contributed by atoms with E-state index in [2.05, 4.69) is 11.9 Å². The first kappa shape index (κ1) is 15.5. The molecule has 1 aliphatic rings. The fourth-order valence-electron chi connectivity index (χ4n) is 3.00. The second-order valence-electron chi connectivity index (χ2n) is 5.88. The van der Waals surface area contributed by atoms with Gasteiger partial charge in [-0.15, -0.1) is 0 Å². The summed E-state index contributed by atoms with van der Waals surface area (Å²) >= 11 is 0. The zero-order valence-electron chi connectivity index (χ0n) is 12.6. The third-order valence-corrected chi connectivity index (χ3v) is 4.26. The van der Waals surface area contributed by atoms with Crippen LogP contribution in [0.2, 0.25) is 0 Å². The average molecular weight is 293 g/mol. The fraction of sp³-hybridized carbons (Fsp3) is 0.667. The van der Waals surface area contributed by atoms with Crippen molar-refractivity contribution in [2.45, 2.75) is 39.2 Å². The number of carboxylic acid groups (broad SMARTS) is 1. The highest BCUT2D eigenvalue weighted by atomic mass is 16.4. The van der Waals surface area contributed by atoms with Crippen LogP contribution in [0.25, 0.3) is 0 Å². The topological polar surface area (TPSA) is 75.4 Å². The molecule has 2 heterocycles. The Hall–Kier alpha value is -1.85. The molecule has 6 heteroatoms. The van der Waals surface area contributed by atoms with E-state index in [1.165, 1.54) is 0 Å². The SMILES string of the molecule is CCCC(CC(=O)N1CC(C)C(C(=O)O)C1)n1ccnc1. The number of aromatic nitrogens is 2. The molecule has 1 aromatic rings. The minimum absolute atomic E-state index is 0.0179. The lowest BCUT2D eigenvalue weighted by atomic mass is 9.99. The number of imidazole rings is 1. The van der Waals surface area contributed by atoms with Gasteiger partial charge in [-0.3, -0.25) is 9.59 Å². The Bertz CT molecular complexity index is 486. The van der Waals surface area contributed by atoms with Gasteiger partial charge in [0.05, 0.1) is 12.2 Å². The largest absolute Gasteiger partial charge is 0.481 e. The van der Waals surface area contributed by atoms with Crippen LogP contribution < -0.4 is 0 Å². The van der Waals surface area contributed by atoms with E-state index < -0.39 is 11.9 Å². The molecule has 0 saturated carbocycles. The van der Waals surface area contributed by atoms with Gasteiger partial charge < -0.3 is 14.6 Å². The van der Waals surface area contributed by atoms with Crippen LogP contribution >= 0.6 is 0 Å². The second kappa shape index (κ2) is 6.74. The highest BCUT2D eigenvalue weighted by molar-refractivity contribution is 5.79. The van der Waals surface area contributed by atoms with Gasteiger partial charge in [0.15, 0.2) is 0 Å². The maximum absolute atomic E-state index is 12.4. The minimum atomic E-state index is -0.808. The molecule has 1 N–H and O–H groups in total. The van der Waals surface area contributed by atoms with Gasteiger partial charge in [0, 0.05) is 37.9 Å². The second-order valence-corrected chi connectivity index (χ2v) is 5.88. The van der Waals surface area contributed by atoms with Gasteiger partial charge in [0.25, 0.3) is 0 Å². The van der Waals surface area contributed by atoms with Crippen LogP contribution in [-0.2, 0) is 9.59 Å². The predicted molar refractivity (Wildman–Crippen MR) is 77.7 cm³/mol. The van der Waals surface area contributed by atoms with E-state index in [4.69, 9.17) is 5.11 Å². The van der Waals surface area contributed by atoms with Crippen LogP contribution in [0.5, 0.6) is 0 Å². The Morgan fingerprint density at radius 1 is 1.43 bits per heavy atom. The molecule has 3 atom stereocenters. The standard InChI is InChI=1S/C15H23N3O3/c1-3-4-12(17-6-5-16-10-17)7-14(19)18-8-11(2)13(9-18)15(20)21/h5-6,10-13H,3-4,7-9H2,1-2H3,(H,20,21). The summed E-state index contributed by atoms with van der Waals surface area (Å²) in [5.74, 6) is -1.19. The number of hydrogen-bond acceptors (Lipinski definition) is 3. The van der Waals surface area contributed by atoms with Crippen molar-refractivity contribution in [2.75, 3.05) is 13.1 Å². The van der Waals surface area contributed by atoms with E-state index in [1.54, 1.807) is 17.4 Å². The predicted octanol–water partition coefficient (Wildman–Crippen LogP) is 1.79. The molecule has 1 saturated heterocycles. The van der Waals surface area contributed by atoms with Crippen molar-refractivity contribution >= 4 is 11.9 Å². The van der Waals surface area contributed by atoms with E-state index in [1.807, 2.05) is 17.7 Å². The van der Waals surface area contributed by atoms with E-state index in [-0.39, 0.29) is 17.9 Å². The van der Waals surface area contributed by atoms with Crippen molar-refractivity contribution in [3.05, 3.63) is 18.7 Å². The maximum Gasteiger partial charge on any atom is 0.308 e. The third kappa shape index (κ3) is 3.62. The lowest BCUT2D eigenvalue weighted by Crippen LogP contribution is -2.31. The summed E-state index contributed by atoms with van der Waals surface area (Å²) in [6.07, 6.45) is 7.63. The van der Waals surface area contributed by atoms with E-state index >= 15 is 0 Å². The first-order chi connectivity index (χ1) is 10.0. The lowest BCUT2D eigenvalue weighted by molar-refractivity contribution is -0.142. The van der Waals surface area contributed by atoms with Crippen LogP contribution in [0.3, 0.4) is 0 Å². The number of hydrogen-bond donors (Lipinski definition) is 1. The van der Waals surface area contributed by atoms with Crippen molar-refractivity contribution in [3.8, 4) is 0 Å². The summed E-state index contributed by atoms with van der Waals surface area (Å²) in [4.78, 5) is 29.3. The molecule has 1 aliphatic heterocycles. The Morgan fingerprint density at radius 3 is 2.71 bits per heavy atom. The molecule has 3 unspecified atom stereocenters. The average Bonchev–Trinajstić information content (AvgIpc) is 3.07. The summed E-state index contributed by atoms with van der Waals surface area (Å²) < 4.78 is 1.97. The van der Waals surface area contributed by atoms with Gasteiger partial charge in [0.1, 0.15) is 0 Å². The molecule has 116 valence electrons. The highest BCUT2D eigenvalue weighted by Gasteiger charge is 2.37. The Kier molecular flexibility index (Phi) is 4.98. The number of aliphatic carboxylic acids is 1. The van der Waals surface area contributed by atoms with Crippen LogP contribution in [0.15, 0.2) is 18.7 Å². The molecule has 21 heavy (non-hydrogen) atoms. The van der Waals surface area contributed by atoms with E-state index in [0.717, 1.165) is 12.8 Å². The van der Waals surface area contributed by atoms with Crippen LogP contribution in [0.4, 0.5) is 0 Å². The fourth-order valence-corrected chi connectivity index (χ4v) is 3.00. The van der Waals surface area contributed by atoms with Gasteiger partial charge in [-0.25, -0.2) is 4.98 Å². The number of amides is 1.